The minimum Gasteiger partial charge on any atom is -0.325 e. The first-order chi connectivity index (χ1) is 16.4. The van der Waals surface area contributed by atoms with E-state index in [1.165, 1.54) is 22.9 Å². The zero-order valence-corrected chi connectivity index (χ0v) is 21.3. The average molecular weight is 491 g/mol. The molecule has 0 fully saturated rings. The molecule has 0 unspecified atom stereocenters. The minimum absolute atomic E-state index is 0.0797. The predicted molar refractivity (Wildman–Crippen MR) is 141 cm³/mol. The average Bonchev–Trinajstić information content (AvgIpc) is 3.24. The molecule has 5 nitrogen and oxygen atoms in total. The molecule has 4 rings (SSSR count). The molecule has 3 aromatic carbocycles. The van der Waals surface area contributed by atoms with Crippen molar-refractivity contribution in [2.45, 2.75) is 39.3 Å². The quantitative estimate of drug-likeness (QED) is 0.289. The molecule has 1 amide bonds. The van der Waals surface area contributed by atoms with Crippen molar-refractivity contribution in [1.29, 1.82) is 0 Å². The molecule has 34 heavy (non-hydrogen) atoms. The fourth-order valence-corrected chi connectivity index (χ4v) is 4.82. The number of hydrogen-bond acceptors (Lipinski definition) is 4. The Labute approximate surface area is 209 Å². The van der Waals surface area contributed by atoms with Crippen LogP contribution in [-0.2, 0) is 11.2 Å². The Bertz CT molecular complexity index is 1290. The normalized spacial score (nSPS) is 11.0. The van der Waals surface area contributed by atoms with E-state index >= 15 is 0 Å². The van der Waals surface area contributed by atoms with Gasteiger partial charge in [0.2, 0.25) is 5.91 Å². The van der Waals surface area contributed by atoms with Crippen LogP contribution in [0.4, 0.5) is 5.69 Å². The highest BCUT2D eigenvalue weighted by molar-refractivity contribution is 7.99. The van der Waals surface area contributed by atoms with E-state index in [-0.39, 0.29) is 11.7 Å². The second-order valence-corrected chi connectivity index (χ2v) is 9.66. The van der Waals surface area contributed by atoms with Gasteiger partial charge in [-0.2, -0.15) is 0 Å². The van der Waals surface area contributed by atoms with Gasteiger partial charge in [0.05, 0.1) is 5.75 Å². The van der Waals surface area contributed by atoms with Gasteiger partial charge in [0.1, 0.15) is 0 Å². The van der Waals surface area contributed by atoms with E-state index in [2.05, 4.69) is 65.8 Å². The van der Waals surface area contributed by atoms with Gasteiger partial charge in [-0.05, 0) is 80.3 Å². The summed E-state index contributed by atoms with van der Waals surface area (Å²) < 4.78 is 1.99. The Hall–Kier alpha value is -3.09. The van der Waals surface area contributed by atoms with Gasteiger partial charge in [-0.3, -0.25) is 9.36 Å². The van der Waals surface area contributed by atoms with Gasteiger partial charge in [0.25, 0.3) is 0 Å². The van der Waals surface area contributed by atoms with Gasteiger partial charge in [-0.25, -0.2) is 0 Å². The van der Waals surface area contributed by atoms with Crippen LogP contribution >= 0.6 is 23.4 Å². The summed E-state index contributed by atoms with van der Waals surface area (Å²) in [6, 6.07) is 20.0. The van der Waals surface area contributed by atoms with E-state index in [0.717, 1.165) is 34.5 Å². The predicted octanol–water partition coefficient (Wildman–Crippen LogP) is 6.81. The molecule has 1 N–H and O–H groups in total. The number of nitrogens with zero attached hydrogens (tertiary/aromatic N) is 3. The molecular weight excluding hydrogens is 464 g/mol. The highest BCUT2D eigenvalue weighted by atomic mass is 35.5. The van der Waals surface area contributed by atoms with Crippen molar-refractivity contribution in [2.24, 2.45) is 0 Å². The van der Waals surface area contributed by atoms with Gasteiger partial charge < -0.3 is 5.32 Å². The van der Waals surface area contributed by atoms with Gasteiger partial charge in [-0.15, -0.1) is 10.2 Å². The van der Waals surface area contributed by atoms with Crippen LogP contribution in [0.1, 0.15) is 29.2 Å². The van der Waals surface area contributed by atoms with Gasteiger partial charge in [0, 0.05) is 22.0 Å². The van der Waals surface area contributed by atoms with Gasteiger partial charge in [-0.1, -0.05) is 60.1 Å². The minimum atomic E-state index is -0.0797. The lowest BCUT2D eigenvalue weighted by Gasteiger charge is -2.13. The van der Waals surface area contributed by atoms with Crippen molar-refractivity contribution in [3.05, 3.63) is 87.9 Å². The number of carbonyl (C=O) groups is 1. The van der Waals surface area contributed by atoms with E-state index in [1.807, 2.05) is 42.7 Å². The molecule has 0 radical (unpaired) electrons. The molecule has 0 bridgehead atoms. The molecule has 1 aromatic heterocycles. The maximum atomic E-state index is 12.8. The highest BCUT2D eigenvalue weighted by Gasteiger charge is 2.18. The number of nitrogens with one attached hydrogen (secondary N) is 1. The monoisotopic (exact) mass is 490 g/mol. The first kappa shape index (κ1) is 24.0. The standard InChI is InChI=1S/C27H27ClN4OS/c1-5-20-6-12-23(13-7-20)32-26(21-8-10-22(28)11-9-21)30-31-27(32)34-16-24(33)29-25-18(3)14-17(2)15-19(25)4/h6-15H,5,16H2,1-4H3,(H,29,33). The lowest BCUT2D eigenvalue weighted by Crippen LogP contribution is -2.16. The van der Waals surface area contributed by atoms with Crippen LogP contribution in [0.2, 0.25) is 5.02 Å². The smallest absolute Gasteiger partial charge is 0.234 e. The van der Waals surface area contributed by atoms with Crippen molar-refractivity contribution in [1.82, 2.24) is 14.8 Å². The summed E-state index contributed by atoms with van der Waals surface area (Å²) in [6.07, 6.45) is 0.964. The summed E-state index contributed by atoms with van der Waals surface area (Å²) in [5.74, 6) is 0.844. The van der Waals surface area contributed by atoms with Crippen molar-refractivity contribution in [2.75, 3.05) is 11.1 Å². The van der Waals surface area contributed by atoms with Crippen LogP contribution in [0.3, 0.4) is 0 Å². The van der Waals surface area contributed by atoms with Crippen molar-refractivity contribution >= 4 is 35.0 Å². The molecule has 0 spiro atoms. The van der Waals surface area contributed by atoms with Crippen LogP contribution in [-0.4, -0.2) is 26.4 Å². The number of rotatable bonds is 7. The first-order valence-electron chi connectivity index (χ1n) is 11.2. The Kier molecular flexibility index (Phi) is 7.39. The van der Waals surface area contributed by atoms with E-state index < -0.39 is 0 Å². The second-order valence-electron chi connectivity index (χ2n) is 8.28. The fourth-order valence-electron chi connectivity index (χ4n) is 3.95. The zero-order chi connectivity index (χ0) is 24.2. The third-order valence-corrected chi connectivity index (χ3v) is 6.79. The molecule has 1 heterocycles. The largest absolute Gasteiger partial charge is 0.325 e. The number of aromatic nitrogens is 3. The van der Waals surface area contributed by atoms with Crippen LogP contribution in [0, 0.1) is 20.8 Å². The number of halogens is 1. The Morgan fingerprint density at radius 2 is 1.62 bits per heavy atom. The van der Waals surface area contributed by atoms with Gasteiger partial charge in [0.15, 0.2) is 11.0 Å². The number of carbonyl (C=O) groups excluding carboxylic acids is 1. The van der Waals surface area contributed by atoms with E-state index in [4.69, 9.17) is 11.6 Å². The molecule has 174 valence electrons. The van der Waals surface area contributed by atoms with E-state index in [1.54, 1.807) is 0 Å². The molecule has 0 saturated carbocycles. The zero-order valence-electron chi connectivity index (χ0n) is 19.7. The summed E-state index contributed by atoms with van der Waals surface area (Å²) in [7, 11) is 0. The lowest BCUT2D eigenvalue weighted by molar-refractivity contribution is -0.113. The molecule has 0 aliphatic rings. The number of anilines is 1. The fraction of sp³-hybridized carbons (Fsp3) is 0.222. The summed E-state index contributed by atoms with van der Waals surface area (Å²) >= 11 is 7.45. The molecule has 7 heteroatoms. The number of hydrogen-bond donors (Lipinski definition) is 1. The Balaban J connectivity index is 1.61. The maximum Gasteiger partial charge on any atom is 0.234 e. The number of aryl methyl sites for hydroxylation is 4. The van der Waals surface area contributed by atoms with Gasteiger partial charge >= 0.3 is 0 Å². The molecule has 0 saturated heterocycles. The molecule has 0 aliphatic carbocycles. The molecule has 0 atom stereocenters. The SMILES string of the molecule is CCc1ccc(-n2c(SCC(=O)Nc3c(C)cc(C)cc3C)nnc2-c2ccc(Cl)cc2)cc1. The summed E-state index contributed by atoms with van der Waals surface area (Å²) in [4.78, 5) is 12.8. The van der Waals surface area contributed by atoms with Crippen molar-refractivity contribution < 1.29 is 4.79 Å². The van der Waals surface area contributed by atoms with E-state index in [0.29, 0.717) is 16.0 Å². The number of thioether (sulfide) groups is 1. The summed E-state index contributed by atoms with van der Waals surface area (Å²) in [6.45, 7) is 8.21. The van der Waals surface area contributed by atoms with Crippen LogP contribution < -0.4 is 5.32 Å². The maximum absolute atomic E-state index is 12.8. The second kappa shape index (κ2) is 10.5. The van der Waals surface area contributed by atoms with Crippen LogP contribution in [0.5, 0.6) is 0 Å². The van der Waals surface area contributed by atoms with E-state index in [9.17, 15) is 4.79 Å². The van der Waals surface area contributed by atoms with Crippen LogP contribution in [0.15, 0.2) is 65.8 Å². The van der Waals surface area contributed by atoms with Crippen molar-refractivity contribution in [3.63, 3.8) is 0 Å². The molecule has 4 aromatic rings. The third-order valence-electron chi connectivity index (χ3n) is 5.61. The molecule has 0 aliphatic heterocycles. The summed E-state index contributed by atoms with van der Waals surface area (Å²) in [5.41, 5.74) is 7.26. The number of benzene rings is 3. The lowest BCUT2D eigenvalue weighted by atomic mass is 10.1. The Morgan fingerprint density at radius 3 is 2.24 bits per heavy atom. The Morgan fingerprint density at radius 1 is 0.971 bits per heavy atom. The highest BCUT2D eigenvalue weighted by Crippen LogP contribution is 2.29. The third kappa shape index (κ3) is 5.34. The number of amides is 1. The van der Waals surface area contributed by atoms with Crippen molar-refractivity contribution in [3.8, 4) is 17.1 Å². The molecular formula is C27H27ClN4OS. The summed E-state index contributed by atoms with van der Waals surface area (Å²) in [5, 5.41) is 13.3. The topological polar surface area (TPSA) is 59.8 Å². The first-order valence-corrected chi connectivity index (χ1v) is 12.5. The van der Waals surface area contributed by atoms with Crippen LogP contribution in [0.25, 0.3) is 17.1 Å².